The van der Waals surface area contributed by atoms with Gasteiger partial charge in [0.1, 0.15) is 18.9 Å². The number of unbranched alkanes of at least 4 members (excludes halogenated alkanes) is 20. The number of aromatic amines is 1. The maximum absolute atomic E-state index is 3.65. The summed E-state index contributed by atoms with van der Waals surface area (Å²) in [6, 6.07) is 10.9. The molecule has 2 nitrogen and oxygen atoms in total. The molecule has 0 saturated carbocycles. The highest BCUT2D eigenvalue weighted by Crippen LogP contribution is 2.26. The minimum absolute atomic E-state index is 0.668. The van der Waals surface area contributed by atoms with Crippen molar-refractivity contribution in [2.75, 3.05) is 0 Å². The van der Waals surface area contributed by atoms with Gasteiger partial charge in [-0.1, -0.05) is 185 Å². The van der Waals surface area contributed by atoms with E-state index in [1.54, 1.807) is 0 Å². The first-order valence-corrected chi connectivity index (χ1v) is 17.5. The van der Waals surface area contributed by atoms with Crippen molar-refractivity contribution in [3.05, 3.63) is 54.1 Å². The third kappa shape index (κ3) is 17.0. The molecule has 2 rings (SSSR count). The lowest BCUT2D eigenvalue weighted by Gasteiger charge is -2.14. The largest absolute Gasteiger partial charge is 0.257 e. The van der Waals surface area contributed by atoms with Crippen LogP contribution in [-0.4, -0.2) is 4.98 Å². The molecule has 0 aliphatic heterocycles. The maximum atomic E-state index is 3.65. The van der Waals surface area contributed by atoms with Crippen LogP contribution in [0.5, 0.6) is 0 Å². The zero-order valence-corrected chi connectivity index (χ0v) is 26.2. The lowest BCUT2D eigenvalue weighted by Crippen LogP contribution is -2.38. The average Bonchev–Trinajstić information content (AvgIpc) is 3.41. The van der Waals surface area contributed by atoms with Crippen molar-refractivity contribution in [3.8, 4) is 0 Å². The molecule has 0 aliphatic carbocycles. The van der Waals surface area contributed by atoms with Gasteiger partial charge in [-0.05, 0) is 18.4 Å². The van der Waals surface area contributed by atoms with E-state index in [-0.39, 0.29) is 0 Å². The average molecular weight is 538 g/mol. The Hall–Kier alpha value is -1.57. The number of benzene rings is 1. The van der Waals surface area contributed by atoms with E-state index in [1.165, 1.54) is 165 Å². The lowest BCUT2D eigenvalue weighted by atomic mass is 9.93. The van der Waals surface area contributed by atoms with E-state index in [1.807, 2.05) is 0 Å². The number of aromatic nitrogens is 2. The van der Waals surface area contributed by atoms with Crippen molar-refractivity contribution in [3.63, 3.8) is 0 Å². The topological polar surface area (TPSA) is 19.7 Å². The third-order valence-electron chi connectivity index (χ3n) is 8.69. The zero-order chi connectivity index (χ0) is 27.6. The molecule has 0 bridgehead atoms. The van der Waals surface area contributed by atoms with E-state index in [4.69, 9.17) is 0 Å². The molecule has 0 saturated heterocycles. The summed E-state index contributed by atoms with van der Waals surface area (Å²) in [5.74, 6) is 2.12. The molecule has 1 N–H and O–H groups in total. The van der Waals surface area contributed by atoms with Gasteiger partial charge in [0.25, 0.3) is 5.82 Å². The van der Waals surface area contributed by atoms with Crippen LogP contribution in [0.25, 0.3) is 0 Å². The monoisotopic (exact) mass is 538 g/mol. The first kappa shape index (κ1) is 33.6. The predicted molar refractivity (Wildman–Crippen MR) is 171 cm³/mol. The Balaban J connectivity index is 1.57. The molecule has 0 amide bonds. The van der Waals surface area contributed by atoms with Crippen molar-refractivity contribution in [1.29, 1.82) is 0 Å². The Kier molecular flexibility index (Phi) is 20.9. The van der Waals surface area contributed by atoms with Crippen LogP contribution in [0, 0.1) is 0 Å². The molecule has 1 atom stereocenters. The number of nitrogens with zero attached hydrogens (tertiary/aromatic N) is 1. The van der Waals surface area contributed by atoms with Crippen LogP contribution in [0.1, 0.15) is 185 Å². The molecule has 1 aromatic heterocycles. The number of imidazole rings is 1. The van der Waals surface area contributed by atoms with Crippen molar-refractivity contribution in [1.82, 2.24) is 4.98 Å². The predicted octanol–water partition coefficient (Wildman–Crippen LogP) is 11.8. The minimum atomic E-state index is 0.668. The number of hydrogen-bond acceptors (Lipinski definition) is 0. The molecule has 2 heteroatoms. The van der Waals surface area contributed by atoms with Crippen LogP contribution in [0.2, 0.25) is 0 Å². The minimum Gasteiger partial charge on any atom is -0.247 e. The van der Waals surface area contributed by atoms with Crippen LogP contribution in [0.4, 0.5) is 0 Å². The standard InChI is InChI=1S/C37H64N2/c1-3-5-7-9-10-11-12-13-14-15-16-17-18-19-20-22-27-31-36(30-26-21-8-6-4-2)37-38-32-33-39(37)34-35-28-24-23-25-29-35/h23-25,28-29,32-33,36H,3-22,26-27,30-31,34H2,1-2H3/p+1/t36-/m0/s1. The summed E-state index contributed by atoms with van der Waals surface area (Å²) in [5, 5.41) is 0. The fourth-order valence-electron chi connectivity index (χ4n) is 6.17. The number of rotatable bonds is 27. The molecule has 0 aliphatic rings. The first-order valence-electron chi connectivity index (χ1n) is 17.5. The van der Waals surface area contributed by atoms with E-state index in [0.717, 1.165) is 6.54 Å². The highest BCUT2D eigenvalue weighted by molar-refractivity contribution is 5.13. The smallest absolute Gasteiger partial charge is 0.247 e. The molecule has 0 fully saturated rings. The summed E-state index contributed by atoms with van der Waals surface area (Å²) in [4.78, 5) is 3.65. The van der Waals surface area contributed by atoms with Gasteiger partial charge in [-0.2, -0.15) is 0 Å². The van der Waals surface area contributed by atoms with Gasteiger partial charge in [0.15, 0.2) is 0 Å². The van der Waals surface area contributed by atoms with Gasteiger partial charge in [0, 0.05) is 0 Å². The molecule has 1 heterocycles. The summed E-state index contributed by atoms with van der Waals surface area (Å²) in [5.41, 5.74) is 1.39. The SMILES string of the molecule is CCCCCCCCCCCCCCCCCCC[C@H](CCCCCCC)c1[nH]cc[n+]1Cc1ccccc1. The van der Waals surface area contributed by atoms with Crippen LogP contribution in [0.3, 0.4) is 0 Å². The highest BCUT2D eigenvalue weighted by Gasteiger charge is 2.22. The summed E-state index contributed by atoms with van der Waals surface area (Å²) in [7, 11) is 0. The normalized spacial score (nSPS) is 12.3. The Bertz CT molecular complexity index is 765. The van der Waals surface area contributed by atoms with Crippen molar-refractivity contribution in [2.24, 2.45) is 0 Å². The van der Waals surface area contributed by atoms with Crippen LogP contribution in [0.15, 0.2) is 42.7 Å². The number of H-pyrrole nitrogens is 1. The summed E-state index contributed by atoms with van der Waals surface area (Å²) in [6.07, 6.45) is 38.5. The Morgan fingerprint density at radius 2 is 0.949 bits per heavy atom. The van der Waals surface area contributed by atoms with Gasteiger partial charge in [-0.15, -0.1) is 0 Å². The Labute approximate surface area is 243 Å². The van der Waals surface area contributed by atoms with Gasteiger partial charge >= 0.3 is 0 Å². The van der Waals surface area contributed by atoms with Gasteiger partial charge in [0.05, 0.1) is 5.92 Å². The fourth-order valence-corrected chi connectivity index (χ4v) is 6.17. The van der Waals surface area contributed by atoms with Crippen molar-refractivity contribution >= 4 is 0 Å². The summed E-state index contributed by atoms with van der Waals surface area (Å²) >= 11 is 0. The summed E-state index contributed by atoms with van der Waals surface area (Å²) < 4.78 is 2.47. The molecule has 0 unspecified atom stereocenters. The number of hydrogen-bond donors (Lipinski definition) is 1. The van der Waals surface area contributed by atoms with Crippen LogP contribution in [-0.2, 0) is 6.54 Å². The van der Waals surface area contributed by atoms with Gasteiger partial charge in [-0.25, -0.2) is 9.55 Å². The second kappa shape index (κ2) is 24.2. The molecule has 1 aromatic carbocycles. The van der Waals surface area contributed by atoms with Crippen molar-refractivity contribution in [2.45, 2.75) is 180 Å². The second-order valence-electron chi connectivity index (χ2n) is 12.3. The Morgan fingerprint density at radius 1 is 0.538 bits per heavy atom. The van der Waals surface area contributed by atoms with E-state index in [0.29, 0.717) is 5.92 Å². The van der Waals surface area contributed by atoms with E-state index < -0.39 is 0 Å². The van der Waals surface area contributed by atoms with Gasteiger partial charge in [-0.3, -0.25) is 0 Å². The second-order valence-corrected chi connectivity index (χ2v) is 12.3. The molecule has 0 spiro atoms. The highest BCUT2D eigenvalue weighted by atomic mass is 15.1. The molecule has 0 radical (unpaired) electrons. The zero-order valence-electron chi connectivity index (χ0n) is 26.2. The molecular formula is C37H65N2+. The molecular weight excluding hydrogens is 472 g/mol. The van der Waals surface area contributed by atoms with E-state index in [9.17, 15) is 0 Å². The molecule has 2 aromatic rings. The van der Waals surface area contributed by atoms with Crippen molar-refractivity contribution < 1.29 is 4.57 Å². The lowest BCUT2D eigenvalue weighted by molar-refractivity contribution is -0.695. The van der Waals surface area contributed by atoms with Gasteiger partial charge in [0.2, 0.25) is 0 Å². The Morgan fingerprint density at radius 3 is 1.38 bits per heavy atom. The first-order chi connectivity index (χ1) is 19.3. The summed E-state index contributed by atoms with van der Waals surface area (Å²) in [6.45, 7) is 5.59. The molecule has 222 valence electrons. The molecule has 39 heavy (non-hydrogen) atoms. The van der Waals surface area contributed by atoms with Crippen LogP contribution >= 0.6 is 0 Å². The van der Waals surface area contributed by atoms with E-state index in [2.05, 4.69) is 66.1 Å². The maximum Gasteiger partial charge on any atom is 0.257 e. The fraction of sp³-hybridized carbons (Fsp3) is 0.757. The third-order valence-corrected chi connectivity index (χ3v) is 8.69. The van der Waals surface area contributed by atoms with Gasteiger partial charge < -0.3 is 0 Å². The number of nitrogens with one attached hydrogen (secondary N) is 1. The van der Waals surface area contributed by atoms with Crippen LogP contribution < -0.4 is 4.57 Å². The van der Waals surface area contributed by atoms with E-state index >= 15 is 0 Å². The quantitative estimate of drug-likeness (QED) is 0.0863.